The third-order valence-electron chi connectivity index (χ3n) is 6.34. The van der Waals surface area contributed by atoms with Crippen LogP contribution in [0.1, 0.15) is 25.8 Å². The Balaban J connectivity index is 1.60. The van der Waals surface area contributed by atoms with Crippen LogP contribution in [0.4, 0.5) is 0 Å². The highest BCUT2D eigenvalue weighted by atomic mass is 32.2. The van der Waals surface area contributed by atoms with Crippen molar-refractivity contribution in [3.05, 3.63) is 59.1 Å². The summed E-state index contributed by atoms with van der Waals surface area (Å²) in [5.41, 5.74) is 3.70. The Morgan fingerprint density at radius 3 is 2.56 bits per heavy atom. The second kappa shape index (κ2) is 9.15. The molecule has 174 valence electrons. The summed E-state index contributed by atoms with van der Waals surface area (Å²) in [4.78, 5) is 40.9. The van der Waals surface area contributed by atoms with Crippen LogP contribution >= 0.6 is 11.8 Å². The Morgan fingerprint density at radius 2 is 1.88 bits per heavy atom. The molecule has 1 amide bonds. The molecule has 1 fully saturated rings. The first-order valence-electron chi connectivity index (χ1n) is 11.2. The number of carbonyl (C=O) groups excluding carboxylic acids is 1. The molecule has 0 aliphatic carbocycles. The van der Waals surface area contributed by atoms with E-state index in [1.54, 1.807) is 41.2 Å². The van der Waals surface area contributed by atoms with Gasteiger partial charge in [0.2, 0.25) is 0 Å². The van der Waals surface area contributed by atoms with Gasteiger partial charge in [-0.1, -0.05) is 0 Å². The van der Waals surface area contributed by atoms with Crippen LogP contribution in [-0.4, -0.2) is 60.9 Å². The standard InChI is InChI=1S/C25H25N5O3S/c1-15(31)25(33)29-11-9-18(10-12-29)30-22(32)8-4-17-14-26-20-6-5-19(28-23(20)24(17)30)16-3-7-21(34-2)27-13-16/h3-8,13-15,18,31H,9-12H2,1-2H3/t15-/m1/s1. The molecular formula is C25H25N5O3S. The summed E-state index contributed by atoms with van der Waals surface area (Å²) < 4.78 is 1.81. The van der Waals surface area contributed by atoms with E-state index in [9.17, 15) is 14.7 Å². The van der Waals surface area contributed by atoms with Crippen LogP contribution in [0.2, 0.25) is 0 Å². The van der Waals surface area contributed by atoms with Crippen molar-refractivity contribution in [1.82, 2.24) is 24.4 Å². The van der Waals surface area contributed by atoms with Gasteiger partial charge in [-0.3, -0.25) is 14.6 Å². The summed E-state index contributed by atoms with van der Waals surface area (Å²) in [5, 5.41) is 11.4. The van der Waals surface area contributed by atoms with E-state index in [0.29, 0.717) is 37.0 Å². The summed E-state index contributed by atoms with van der Waals surface area (Å²) in [5.74, 6) is -0.272. The largest absolute Gasteiger partial charge is 0.384 e. The summed E-state index contributed by atoms with van der Waals surface area (Å²) in [6, 6.07) is 11.1. The first-order chi connectivity index (χ1) is 16.5. The number of hydrogen-bond acceptors (Lipinski definition) is 7. The van der Waals surface area contributed by atoms with Crippen LogP contribution < -0.4 is 5.56 Å². The Morgan fingerprint density at radius 1 is 1.09 bits per heavy atom. The van der Waals surface area contributed by atoms with Crippen molar-refractivity contribution in [3.8, 4) is 11.3 Å². The Hall–Kier alpha value is -3.30. The molecule has 1 aliphatic heterocycles. The van der Waals surface area contributed by atoms with Crippen LogP contribution in [0.3, 0.4) is 0 Å². The average molecular weight is 476 g/mol. The fourth-order valence-corrected chi connectivity index (χ4v) is 4.94. The number of aliphatic hydroxyl groups is 1. The van der Waals surface area contributed by atoms with Crippen LogP contribution in [-0.2, 0) is 4.79 Å². The van der Waals surface area contributed by atoms with Crippen molar-refractivity contribution >= 4 is 39.6 Å². The number of thioether (sulfide) groups is 1. The molecule has 4 aromatic rings. The number of rotatable bonds is 4. The fraction of sp³-hybridized carbons (Fsp3) is 0.320. The minimum Gasteiger partial charge on any atom is -0.384 e. The molecule has 1 N–H and O–H groups in total. The number of nitrogens with zero attached hydrogens (tertiary/aromatic N) is 5. The summed E-state index contributed by atoms with van der Waals surface area (Å²) in [7, 11) is 0. The second-order valence-corrected chi connectivity index (χ2v) is 9.32. The molecule has 34 heavy (non-hydrogen) atoms. The molecule has 0 radical (unpaired) electrons. The van der Waals surface area contributed by atoms with Gasteiger partial charge in [0.25, 0.3) is 11.5 Å². The van der Waals surface area contributed by atoms with Gasteiger partial charge in [0.1, 0.15) is 11.6 Å². The van der Waals surface area contributed by atoms with E-state index in [2.05, 4.69) is 9.97 Å². The molecule has 1 saturated heterocycles. The molecule has 0 spiro atoms. The second-order valence-electron chi connectivity index (χ2n) is 8.49. The lowest BCUT2D eigenvalue weighted by molar-refractivity contribution is -0.140. The van der Waals surface area contributed by atoms with Gasteiger partial charge in [0, 0.05) is 48.5 Å². The smallest absolute Gasteiger partial charge is 0.251 e. The topological polar surface area (TPSA) is 101 Å². The lowest BCUT2D eigenvalue weighted by atomic mass is 10.0. The molecule has 4 aromatic heterocycles. The molecule has 0 aromatic carbocycles. The maximum atomic E-state index is 13.1. The van der Waals surface area contributed by atoms with Crippen molar-refractivity contribution in [3.63, 3.8) is 0 Å². The Kier molecular flexibility index (Phi) is 6.05. The Bertz CT molecular complexity index is 1430. The zero-order valence-corrected chi connectivity index (χ0v) is 19.8. The number of aliphatic hydroxyl groups excluding tert-OH is 1. The van der Waals surface area contributed by atoms with Crippen molar-refractivity contribution < 1.29 is 9.90 Å². The lowest BCUT2D eigenvalue weighted by Crippen LogP contribution is -2.44. The van der Waals surface area contributed by atoms with E-state index in [1.807, 2.05) is 35.1 Å². The summed E-state index contributed by atoms with van der Waals surface area (Å²) in [6.45, 7) is 2.47. The van der Waals surface area contributed by atoms with Crippen LogP contribution in [0.25, 0.3) is 33.2 Å². The lowest BCUT2D eigenvalue weighted by Gasteiger charge is -2.34. The highest BCUT2D eigenvalue weighted by Gasteiger charge is 2.27. The van der Waals surface area contributed by atoms with E-state index in [4.69, 9.17) is 4.98 Å². The van der Waals surface area contributed by atoms with E-state index in [1.165, 1.54) is 6.92 Å². The zero-order valence-electron chi connectivity index (χ0n) is 19.0. The minimum absolute atomic E-state index is 0.0761. The maximum absolute atomic E-state index is 13.1. The maximum Gasteiger partial charge on any atom is 0.251 e. The molecular weight excluding hydrogens is 450 g/mol. The zero-order chi connectivity index (χ0) is 23.8. The van der Waals surface area contributed by atoms with Gasteiger partial charge in [-0.15, -0.1) is 11.8 Å². The molecule has 0 saturated carbocycles. The van der Waals surface area contributed by atoms with Gasteiger partial charge < -0.3 is 14.6 Å². The highest BCUT2D eigenvalue weighted by Crippen LogP contribution is 2.30. The molecule has 5 rings (SSSR count). The van der Waals surface area contributed by atoms with Crippen molar-refractivity contribution in [2.45, 2.75) is 36.9 Å². The van der Waals surface area contributed by atoms with E-state index in [0.717, 1.165) is 27.2 Å². The molecule has 9 heteroatoms. The van der Waals surface area contributed by atoms with Gasteiger partial charge in [0.15, 0.2) is 0 Å². The monoisotopic (exact) mass is 475 g/mol. The molecule has 1 atom stereocenters. The molecule has 5 heterocycles. The number of fused-ring (bicyclic) bond motifs is 3. The summed E-state index contributed by atoms with van der Waals surface area (Å²) in [6.07, 6.45) is 5.80. The number of hydrogen-bond donors (Lipinski definition) is 1. The number of carbonyl (C=O) groups is 1. The van der Waals surface area contributed by atoms with Crippen molar-refractivity contribution in [2.75, 3.05) is 19.3 Å². The highest BCUT2D eigenvalue weighted by molar-refractivity contribution is 7.98. The van der Waals surface area contributed by atoms with E-state index < -0.39 is 6.10 Å². The number of piperidine rings is 1. The summed E-state index contributed by atoms with van der Waals surface area (Å²) >= 11 is 1.58. The third kappa shape index (κ3) is 4.05. The van der Waals surface area contributed by atoms with Crippen molar-refractivity contribution in [1.29, 1.82) is 0 Å². The predicted octanol–water partition coefficient (Wildman–Crippen LogP) is 3.27. The normalized spacial score (nSPS) is 15.7. The number of likely N-dealkylation sites (tertiary alicyclic amines) is 1. The van der Waals surface area contributed by atoms with Crippen LogP contribution in [0, 0.1) is 0 Å². The quantitative estimate of drug-likeness (QED) is 0.357. The molecule has 8 nitrogen and oxygen atoms in total. The third-order valence-corrected chi connectivity index (χ3v) is 7.00. The number of pyridine rings is 4. The molecule has 0 bridgehead atoms. The van der Waals surface area contributed by atoms with Gasteiger partial charge >= 0.3 is 0 Å². The van der Waals surface area contributed by atoms with Gasteiger partial charge in [0.05, 0.1) is 21.8 Å². The van der Waals surface area contributed by atoms with Gasteiger partial charge in [-0.2, -0.15) is 0 Å². The Labute approximate surface area is 200 Å². The van der Waals surface area contributed by atoms with Gasteiger partial charge in [-0.05, 0) is 56.4 Å². The first kappa shape index (κ1) is 22.5. The first-order valence-corrected chi connectivity index (χ1v) is 12.5. The molecule has 1 aliphatic rings. The minimum atomic E-state index is -1.02. The van der Waals surface area contributed by atoms with Crippen LogP contribution in [0.5, 0.6) is 0 Å². The van der Waals surface area contributed by atoms with E-state index >= 15 is 0 Å². The van der Waals surface area contributed by atoms with Crippen molar-refractivity contribution in [2.24, 2.45) is 0 Å². The average Bonchev–Trinajstić information content (AvgIpc) is 2.88. The van der Waals surface area contributed by atoms with Gasteiger partial charge in [-0.25, -0.2) is 9.97 Å². The van der Waals surface area contributed by atoms with Crippen LogP contribution in [0.15, 0.2) is 58.6 Å². The number of aromatic nitrogens is 4. The predicted molar refractivity (Wildman–Crippen MR) is 133 cm³/mol. The fourth-order valence-electron chi connectivity index (χ4n) is 4.58. The molecule has 0 unspecified atom stereocenters. The van der Waals surface area contributed by atoms with E-state index in [-0.39, 0.29) is 17.5 Å². The number of amides is 1. The SMILES string of the molecule is CSc1ccc(-c2ccc3ncc4ccc(=O)n(C5CCN(C(=O)[C@@H](C)O)CC5)c4c3n2)cn1.